The van der Waals surface area contributed by atoms with E-state index in [1.165, 1.54) is 6.92 Å². The molecule has 0 bridgehead atoms. The second-order valence-corrected chi connectivity index (χ2v) is 4.15. The highest BCUT2D eigenvalue weighted by Gasteiger charge is 2.28. The molecule has 0 aromatic carbocycles. The standard InChI is InChI=1S/C12H18O4/c1-3-4-9-7-11(14)10(12(15)16-9)6-5-8(2)13/h9,14H,3-7H2,1-2H3. The lowest BCUT2D eigenvalue weighted by atomic mass is 9.99. The molecule has 0 spiro atoms. The molecular formula is C12H18O4. The molecule has 16 heavy (non-hydrogen) atoms. The molecule has 0 saturated carbocycles. The van der Waals surface area contributed by atoms with Crippen molar-refractivity contribution in [1.82, 2.24) is 0 Å². The van der Waals surface area contributed by atoms with E-state index in [0.717, 1.165) is 12.8 Å². The average Bonchev–Trinajstić information content (AvgIpc) is 2.16. The van der Waals surface area contributed by atoms with Gasteiger partial charge < -0.3 is 14.6 Å². The number of ketones is 1. The molecule has 1 rings (SSSR count). The van der Waals surface area contributed by atoms with Gasteiger partial charge in [-0.2, -0.15) is 0 Å². The minimum atomic E-state index is -0.469. The van der Waals surface area contributed by atoms with Crippen LogP contribution in [-0.2, 0) is 14.3 Å². The summed E-state index contributed by atoms with van der Waals surface area (Å²) in [5.74, 6) is -0.372. The van der Waals surface area contributed by atoms with Crippen molar-refractivity contribution >= 4 is 11.8 Å². The lowest BCUT2D eigenvalue weighted by Gasteiger charge is -2.24. The summed E-state index contributed by atoms with van der Waals surface area (Å²) in [6.45, 7) is 3.46. The molecule has 0 aliphatic carbocycles. The molecule has 4 nitrogen and oxygen atoms in total. The van der Waals surface area contributed by atoms with Crippen LogP contribution in [0.1, 0.15) is 46.0 Å². The second-order valence-electron chi connectivity index (χ2n) is 4.15. The topological polar surface area (TPSA) is 63.6 Å². The van der Waals surface area contributed by atoms with E-state index in [-0.39, 0.29) is 36.1 Å². The number of carbonyl (C=O) groups excluding carboxylic acids is 2. The summed E-state index contributed by atoms with van der Waals surface area (Å²) < 4.78 is 5.17. The zero-order valence-electron chi connectivity index (χ0n) is 9.78. The fourth-order valence-electron chi connectivity index (χ4n) is 1.75. The number of esters is 1. The summed E-state index contributed by atoms with van der Waals surface area (Å²) in [7, 11) is 0. The van der Waals surface area contributed by atoms with Gasteiger partial charge in [0.2, 0.25) is 0 Å². The molecule has 0 amide bonds. The van der Waals surface area contributed by atoms with Crippen LogP contribution in [0.5, 0.6) is 0 Å². The summed E-state index contributed by atoms with van der Waals surface area (Å²) in [6.07, 6.45) is 2.39. The molecule has 0 radical (unpaired) electrons. The zero-order valence-corrected chi connectivity index (χ0v) is 9.78. The highest BCUT2D eigenvalue weighted by atomic mass is 16.5. The molecule has 0 aromatic heterocycles. The number of rotatable bonds is 5. The lowest BCUT2D eigenvalue weighted by Crippen LogP contribution is -2.26. The molecule has 1 heterocycles. The van der Waals surface area contributed by atoms with Crippen molar-refractivity contribution in [1.29, 1.82) is 0 Å². The van der Waals surface area contributed by atoms with Crippen molar-refractivity contribution < 1.29 is 19.4 Å². The molecule has 1 N–H and O–H groups in total. The van der Waals surface area contributed by atoms with Gasteiger partial charge >= 0.3 is 5.97 Å². The molecule has 0 aromatic rings. The molecule has 90 valence electrons. The Labute approximate surface area is 95.3 Å². The molecule has 1 aliphatic rings. The maximum Gasteiger partial charge on any atom is 0.337 e. The highest BCUT2D eigenvalue weighted by Crippen LogP contribution is 2.25. The largest absolute Gasteiger partial charge is 0.512 e. The predicted octanol–water partition coefficient (Wildman–Crippen LogP) is 2.28. The Bertz CT molecular complexity index is 317. The van der Waals surface area contributed by atoms with Crippen LogP contribution in [0.3, 0.4) is 0 Å². The van der Waals surface area contributed by atoms with Gasteiger partial charge in [-0.1, -0.05) is 13.3 Å². The van der Waals surface area contributed by atoms with Crippen molar-refractivity contribution in [3.63, 3.8) is 0 Å². The Morgan fingerprint density at radius 1 is 1.56 bits per heavy atom. The molecular weight excluding hydrogens is 208 g/mol. The number of ether oxygens (including phenoxy) is 1. The summed E-state index contributed by atoms with van der Waals surface area (Å²) in [5.41, 5.74) is 0.266. The van der Waals surface area contributed by atoms with Crippen molar-refractivity contribution in [2.24, 2.45) is 0 Å². The van der Waals surface area contributed by atoms with Gasteiger partial charge in [0.15, 0.2) is 0 Å². The molecule has 1 aliphatic heterocycles. The Kier molecular flexibility index (Phi) is 4.52. The van der Waals surface area contributed by atoms with E-state index in [9.17, 15) is 14.7 Å². The van der Waals surface area contributed by atoms with E-state index in [0.29, 0.717) is 6.42 Å². The van der Waals surface area contributed by atoms with Crippen LogP contribution >= 0.6 is 0 Å². The van der Waals surface area contributed by atoms with Gasteiger partial charge in [0.05, 0.1) is 5.57 Å². The second kappa shape index (κ2) is 5.68. The summed E-state index contributed by atoms with van der Waals surface area (Å²) >= 11 is 0. The Morgan fingerprint density at radius 3 is 2.75 bits per heavy atom. The van der Waals surface area contributed by atoms with Gasteiger partial charge in [0.25, 0.3) is 0 Å². The Morgan fingerprint density at radius 2 is 2.25 bits per heavy atom. The van der Waals surface area contributed by atoms with Crippen LogP contribution in [0, 0.1) is 0 Å². The van der Waals surface area contributed by atoms with E-state index in [1.807, 2.05) is 6.92 Å². The molecule has 1 unspecified atom stereocenters. The smallest absolute Gasteiger partial charge is 0.337 e. The van der Waals surface area contributed by atoms with Gasteiger partial charge in [-0.25, -0.2) is 4.79 Å². The minimum absolute atomic E-state index is 0.00350. The number of Topliss-reactive ketones (excluding diaryl/α,β-unsaturated/α-hetero) is 1. The van der Waals surface area contributed by atoms with E-state index in [2.05, 4.69) is 0 Å². The minimum Gasteiger partial charge on any atom is -0.512 e. The third kappa shape index (κ3) is 3.36. The van der Waals surface area contributed by atoms with Crippen LogP contribution in [0.2, 0.25) is 0 Å². The fourth-order valence-corrected chi connectivity index (χ4v) is 1.75. The van der Waals surface area contributed by atoms with Gasteiger partial charge in [-0.05, 0) is 19.8 Å². The molecule has 0 saturated heterocycles. The monoisotopic (exact) mass is 226 g/mol. The maximum atomic E-state index is 11.6. The quantitative estimate of drug-likeness (QED) is 0.730. The van der Waals surface area contributed by atoms with Crippen LogP contribution in [0.15, 0.2) is 11.3 Å². The zero-order chi connectivity index (χ0) is 12.1. The predicted molar refractivity (Wildman–Crippen MR) is 59.0 cm³/mol. The van der Waals surface area contributed by atoms with E-state index < -0.39 is 5.97 Å². The average molecular weight is 226 g/mol. The number of hydrogen-bond donors (Lipinski definition) is 1. The SMILES string of the molecule is CCCC1CC(O)=C(CCC(C)=O)C(=O)O1. The number of cyclic esters (lactones) is 1. The van der Waals surface area contributed by atoms with Crippen molar-refractivity contribution in [2.75, 3.05) is 0 Å². The molecule has 4 heteroatoms. The van der Waals surface area contributed by atoms with Crippen LogP contribution in [0.25, 0.3) is 0 Å². The van der Waals surface area contributed by atoms with Crippen molar-refractivity contribution in [3.05, 3.63) is 11.3 Å². The van der Waals surface area contributed by atoms with E-state index in [1.54, 1.807) is 0 Å². The van der Waals surface area contributed by atoms with Gasteiger partial charge in [0.1, 0.15) is 17.6 Å². The summed E-state index contributed by atoms with van der Waals surface area (Å²) in [4.78, 5) is 22.4. The van der Waals surface area contributed by atoms with Gasteiger partial charge in [0, 0.05) is 12.8 Å². The van der Waals surface area contributed by atoms with Crippen molar-refractivity contribution in [3.8, 4) is 0 Å². The lowest BCUT2D eigenvalue weighted by molar-refractivity contribution is -0.147. The van der Waals surface area contributed by atoms with Gasteiger partial charge in [-0.3, -0.25) is 0 Å². The van der Waals surface area contributed by atoms with Gasteiger partial charge in [-0.15, -0.1) is 0 Å². The maximum absolute atomic E-state index is 11.6. The van der Waals surface area contributed by atoms with E-state index >= 15 is 0 Å². The number of aliphatic hydroxyl groups is 1. The molecule has 1 atom stereocenters. The van der Waals surface area contributed by atoms with E-state index in [4.69, 9.17) is 4.74 Å². The normalized spacial score (nSPS) is 20.9. The third-order valence-corrected chi connectivity index (χ3v) is 2.63. The first-order valence-corrected chi connectivity index (χ1v) is 5.66. The first-order chi connectivity index (χ1) is 7.54. The van der Waals surface area contributed by atoms with Crippen LogP contribution < -0.4 is 0 Å². The number of aliphatic hydroxyl groups excluding tert-OH is 1. The first kappa shape index (κ1) is 12.7. The number of hydrogen-bond acceptors (Lipinski definition) is 4. The number of carbonyl (C=O) groups is 2. The first-order valence-electron chi connectivity index (χ1n) is 5.66. The highest BCUT2D eigenvalue weighted by molar-refractivity contribution is 5.90. The Hall–Kier alpha value is -1.32. The Balaban J connectivity index is 2.65. The third-order valence-electron chi connectivity index (χ3n) is 2.63. The van der Waals surface area contributed by atoms with Crippen molar-refractivity contribution in [2.45, 2.75) is 52.1 Å². The molecule has 0 fully saturated rings. The summed E-state index contributed by atoms with van der Waals surface area (Å²) in [5, 5.41) is 9.72. The summed E-state index contributed by atoms with van der Waals surface area (Å²) in [6, 6.07) is 0. The van der Waals surface area contributed by atoms with Crippen LogP contribution in [0.4, 0.5) is 0 Å². The fraction of sp³-hybridized carbons (Fsp3) is 0.667. The van der Waals surface area contributed by atoms with Crippen LogP contribution in [-0.4, -0.2) is 23.0 Å².